The van der Waals surface area contributed by atoms with E-state index in [4.69, 9.17) is 4.74 Å². The van der Waals surface area contributed by atoms with E-state index in [1.165, 1.54) is 0 Å². The van der Waals surface area contributed by atoms with Crippen molar-refractivity contribution >= 4 is 23.2 Å². The van der Waals surface area contributed by atoms with Gasteiger partial charge in [0.1, 0.15) is 12.1 Å². The fourth-order valence-electron chi connectivity index (χ4n) is 3.40. The number of rotatable bonds is 6. The predicted octanol–water partition coefficient (Wildman–Crippen LogP) is 5.82. The summed E-state index contributed by atoms with van der Waals surface area (Å²) in [5.74, 6) is 0.869. The molecule has 4 nitrogen and oxygen atoms in total. The van der Waals surface area contributed by atoms with Gasteiger partial charge in [-0.25, -0.2) is 4.98 Å². The van der Waals surface area contributed by atoms with Crippen LogP contribution in [0.5, 0.6) is 5.75 Å². The topological polar surface area (TPSA) is 47.3 Å². The van der Waals surface area contributed by atoms with Crippen LogP contribution in [-0.4, -0.2) is 21.3 Å². The molecule has 0 aliphatic heterocycles. The minimum Gasteiger partial charge on any atom is -0.494 e. The van der Waals surface area contributed by atoms with E-state index in [-0.39, 0.29) is 0 Å². The van der Waals surface area contributed by atoms with E-state index in [2.05, 4.69) is 39.9 Å². The van der Waals surface area contributed by atoms with Gasteiger partial charge in [-0.05, 0) is 73.9 Å². The van der Waals surface area contributed by atoms with Gasteiger partial charge in [-0.15, -0.1) is 0 Å². The van der Waals surface area contributed by atoms with Crippen molar-refractivity contribution in [3.05, 3.63) is 89.7 Å². The van der Waals surface area contributed by atoms with Crippen molar-refractivity contribution in [1.29, 1.82) is 0 Å². The Labute approximate surface area is 177 Å². The van der Waals surface area contributed by atoms with Crippen LogP contribution in [0.3, 0.4) is 0 Å². The zero-order chi connectivity index (χ0) is 21.1. The Balaban J connectivity index is 1.55. The summed E-state index contributed by atoms with van der Waals surface area (Å²) in [4.78, 5) is 4.58. The Hall–Kier alpha value is -3.37. The minimum absolute atomic E-state index is 0.660. The lowest BCUT2D eigenvalue weighted by atomic mass is 9.97. The molecule has 0 saturated heterocycles. The lowest BCUT2D eigenvalue weighted by Gasteiger charge is -2.17. The van der Waals surface area contributed by atoms with Crippen LogP contribution in [0.2, 0.25) is 0 Å². The van der Waals surface area contributed by atoms with Gasteiger partial charge in [-0.2, -0.15) is 0 Å². The molecular formula is C26H26N2O2. The summed E-state index contributed by atoms with van der Waals surface area (Å²) in [6, 6.07) is 22.3. The highest BCUT2D eigenvalue weighted by atomic mass is 16.5. The quantitative estimate of drug-likeness (QED) is 0.416. The van der Waals surface area contributed by atoms with Crippen LogP contribution in [-0.2, 0) is 5.60 Å². The van der Waals surface area contributed by atoms with Crippen LogP contribution in [0, 0.1) is 0 Å². The number of benzene rings is 3. The zero-order valence-corrected chi connectivity index (χ0v) is 17.5. The standard InChI is InChI=1S/C26H26N2O2/c1-4-30-23-14-12-22(13-15-23)28-18-27-24-17-20(9-16-25(24)28)6-5-19-7-10-21(11-8-19)26(2,3)29/h5-18,29H,4H2,1-3H3/b6-5-. The first kappa shape index (κ1) is 19.9. The van der Waals surface area contributed by atoms with Crippen molar-refractivity contribution < 1.29 is 9.84 Å². The van der Waals surface area contributed by atoms with Crippen molar-refractivity contribution in [1.82, 2.24) is 9.55 Å². The van der Waals surface area contributed by atoms with Gasteiger partial charge >= 0.3 is 0 Å². The average Bonchev–Trinajstić information content (AvgIpc) is 3.16. The van der Waals surface area contributed by atoms with E-state index in [9.17, 15) is 5.11 Å². The van der Waals surface area contributed by atoms with E-state index in [1.54, 1.807) is 13.8 Å². The number of imidazole rings is 1. The fourth-order valence-corrected chi connectivity index (χ4v) is 3.40. The first-order valence-electron chi connectivity index (χ1n) is 10.2. The molecule has 0 unspecified atom stereocenters. The van der Waals surface area contributed by atoms with Crippen molar-refractivity contribution in [3.8, 4) is 11.4 Å². The second kappa shape index (κ2) is 8.17. The van der Waals surface area contributed by atoms with E-state index in [0.717, 1.165) is 39.2 Å². The number of hydrogen-bond acceptors (Lipinski definition) is 3. The van der Waals surface area contributed by atoms with Crippen LogP contribution >= 0.6 is 0 Å². The van der Waals surface area contributed by atoms with Gasteiger partial charge in [0, 0.05) is 5.69 Å². The van der Waals surface area contributed by atoms with Crippen molar-refractivity contribution in [2.24, 2.45) is 0 Å². The Kier molecular flexibility index (Phi) is 5.42. The monoisotopic (exact) mass is 398 g/mol. The lowest BCUT2D eigenvalue weighted by Crippen LogP contribution is -2.14. The molecule has 0 spiro atoms. The molecule has 0 bridgehead atoms. The van der Waals surface area contributed by atoms with Gasteiger partial charge in [0.25, 0.3) is 0 Å². The maximum Gasteiger partial charge on any atom is 0.119 e. The third kappa shape index (κ3) is 4.29. The van der Waals surface area contributed by atoms with Gasteiger partial charge < -0.3 is 9.84 Å². The van der Waals surface area contributed by atoms with Crippen LogP contribution in [0.1, 0.15) is 37.5 Å². The van der Waals surface area contributed by atoms with Gasteiger partial charge in [-0.1, -0.05) is 42.5 Å². The third-order valence-electron chi connectivity index (χ3n) is 5.08. The molecule has 0 atom stereocenters. The summed E-state index contributed by atoms with van der Waals surface area (Å²) in [5, 5.41) is 10.1. The van der Waals surface area contributed by atoms with Crippen LogP contribution in [0.25, 0.3) is 28.9 Å². The Morgan fingerprint density at radius 1 is 0.933 bits per heavy atom. The largest absolute Gasteiger partial charge is 0.494 e. The smallest absolute Gasteiger partial charge is 0.119 e. The second-order valence-corrected chi connectivity index (χ2v) is 7.80. The molecule has 0 amide bonds. The number of ether oxygens (including phenoxy) is 1. The summed E-state index contributed by atoms with van der Waals surface area (Å²) in [5.41, 5.74) is 5.32. The highest BCUT2D eigenvalue weighted by Crippen LogP contribution is 2.23. The van der Waals surface area contributed by atoms with Gasteiger partial charge in [0.15, 0.2) is 0 Å². The Bertz CT molecular complexity index is 1160. The Morgan fingerprint density at radius 2 is 1.60 bits per heavy atom. The molecule has 1 aromatic heterocycles. The number of aliphatic hydroxyl groups is 1. The number of aromatic nitrogens is 2. The van der Waals surface area contributed by atoms with Gasteiger partial charge in [0.2, 0.25) is 0 Å². The molecule has 3 aromatic carbocycles. The third-order valence-corrected chi connectivity index (χ3v) is 5.08. The normalized spacial score (nSPS) is 12.0. The zero-order valence-electron chi connectivity index (χ0n) is 17.5. The number of fused-ring (bicyclic) bond motifs is 1. The van der Waals surface area contributed by atoms with Crippen molar-refractivity contribution in [3.63, 3.8) is 0 Å². The van der Waals surface area contributed by atoms with Crippen LogP contribution < -0.4 is 4.74 Å². The highest BCUT2D eigenvalue weighted by Gasteiger charge is 2.14. The van der Waals surface area contributed by atoms with E-state index < -0.39 is 5.60 Å². The van der Waals surface area contributed by atoms with Gasteiger partial charge in [0.05, 0.1) is 23.2 Å². The maximum absolute atomic E-state index is 10.1. The summed E-state index contributed by atoms with van der Waals surface area (Å²) in [7, 11) is 0. The minimum atomic E-state index is -0.824. The number of hydrogen-bond donors (Lipinski definition) is 1. The molecule has 0 fully saturated rings. The molecule has 4 aromatic rings. The SMILES string of the molecule is CCOc1ccc(-n2cnc3cc(/C=C\c4ccc(C(C)(C)O)cc4)ccc32)cc1. The van der Waals surface area contributed by atoms with Crippen LogP contribution in [0.4, 0.5) is 0 Å². The number of nitrogens with zero attached hydrogens (tertiary/aromatic N) is 2. The molecule has 152 valence electrons. The van der Waals surface area contributed by atoms with E-state index in [1.807, 2.05) is 61.8 Å². The molecule has 30 heavy (non-hydrogen) atoms. The summed E-state index contributed by atoms with van der Waals surface area (Å²) >= 11 is 0. The summed E-state index contributed by atoms with van der Waals surface area (Å²) < 4.78 is 7.60. The molecule has 1 heterocycles. The first-order chi connectivity index (χ1) is 14.4. The molecule has 0 aliphatic carbocycles. The maximum atomic E-state index is 10.1. The van der Waals surface area contributed by atoms with E-state index >= 15 is 0 Å². The molecule has 0 radical (unpaired) electrons. The second-order valence-electron chi connectivity index (χ2n) is 7.80. The molecule has 1 N–H and O–H groups in total. The predicted molar refractivity (Wildman–Crippen MR) is 123 cm³/mol. The lowest BCUT2D eigenvalue weighted by molar-refractivity contribution is 0.0786. The van der Waals surface area contributed by atoms with Crippen LogP contribution in [0.15, 0.2) is 73.1 Å². The molecule has 0 saturated carbocycles. The van der Waals surface area contributed by atoms with E-state index in [0.29, 0.717) is 6.61 Å². The average molecular weight is 399 g/mol. The molecule has 0 aliphatic rings. The van der Waals surface area contributed by atoms with Gasteiger partial charge in [-0.3, -0.25) is 4.57 Å². The molecular weight excluding hydrogens is 372 g/mol. The first-order valence-corrected chi connectivity index (χ1v) is 10.2. The Morgan fingerprint density at radius 3 is 2.27 bits per heavy atom. The van der Waals surface area contributed by atoms with Crippen molar-refractivity contribution in [2.75, 3.05) is 6.61 Å². The van der Waals surface area contributed by atoms with Crippen molar-refractivity contribution in [2.45, 2.75) is 26.4 Å². The molecule has 4 rings (SSSR count). The summed E-state index contributed by atoms with van der Waals surface area (Å²) in [6.07, 6.45) is 6.00. The fraction of sp³-hybridized carbons (Fsp3) is 0.192. The molecule has 4 heteroatoms. The summed E-state index contributed by atoms with van der Waals surface area (Å²) in [6.45, 7) is 6.22. The highest BCUT2D eigenvalue weighted by molar-refractivity contribution is 5.82.